The maximum absolute atomic E-state index is 11.3. The number of imidazole rings is 1. The van der Waals surface area contributed by atoms with Crippen molar-refractivity contribution in [3.8, 4) is 0 Å². The Labute approximate surface area is 268 Å². The van der Waals surface area contributed by atoms with Gasteiger partial charge >= 0.3 is 0 Å². The predicted molar refractivity (Wildman–Crippen MR) is 177 cm³/mol. The molecule has 0 amide bonds. The highest BCUT2D eigenvalue weighted by molar-refractivity contribution is 7.85. The number of aromatic nitrogens is 2. The lowest BCUT2D eigenvalue weighted by Crippen LogP contribution is -2.36. The number of aryl methyl sites for hydroxylation is 2. The number of allylic oxidation sites excluding steroid dienone is 2. The van der Waals surface area contributed by atoms with Gasteiger partial charge in [-0.25, -0.2) is 9.13 Å². The Morgan fingerprint density at radius 3 is 2.10 bits per heavy atom. The lowest BCUT2D eigenvalue weighted by atomic mass is 10.2. The highest BCUT2D eigenvalue weighted by atomic mass is 35.5. The van der Waals surface area contributed by atoms with Crippen LogP contribution < -0.4 is 14.4 Å². The molecule has 0 radical (unpaired) electrons. The first-order valence-electron chi connectivity index (χ1n) is 14.3. The lowest BCUT2D eigenvalue weighted by molar-refractivity contribution is -0.674. The van der Waals surface area contributed by atoms with E-state index in [1.165, 1.54) is 0 Å². The lowest BCUT2D eigenvalue weighted by Gasteiger charge is -2.24. The fourth-order valence-corrected chi connectivity index (χ4v) is 6.69. The van der Waals surface area contributed by atoms with E-state index in [2.05, 4.69) is 51.9 Å². The summed E-state index contributed by atoms with van der Waals surface area (Å²) in [5, 5.41) is 1.97. The fraction of sp³-hybridized carbons (Fsp3) is 0.433. The van der Waals surface area contributed by atoms with Gasteiger partial charge in [0.25, 0.3) is 15.9 Å². The number of halogens is 4. The molecule has 228 valence electrons. The Morgan fingerprint density at radius 2 is 1.48 bits per heavy atom. The van der Waals surface area contributed by atoms with E-state index < -0.39 is 10.1 Å². The number of hydrogen-bond acceptors (Lipinski definition) is 4. The average molecular weight is 676 g/mol. The van der Waals surface area contributed by atoms with Crippen LogP contribution >= 0.6 is 46.4 Å². The molecule has 0 atom stereocenters. The van der Waals surface area contributed by atoms with Crippen LogP contribution in [0.25, 0.3) is 17.1 Å². The summed E-state index contributed by atoms with van der Waals surface area (Å²) >= 11 is 25.7. The normalized spacial score (nSPS) is 14.7. The van der Waals surface area contributed by atoms with Gasteiger partial charge in [-0.3, -0.25) is 4.55 Å². The second-order valence-corrected chi connectivity index (χ2v) is 13.4. The molecule has 7 nitrogen and oxygen atoms in total. The van der Waals surface area contributed by atoms with Crippen LogP contribution in [-0.2, 0) is 23.2 Å². The summed E-state index contributed by atoms with van der Waals surface area (Å²) in [6.07, 6.45) is 10.4. The SMILES string of the molecule is CCCCC[n+]1c(C=CC=C2N(CC)c3cc(Cl)c(Cl)cc3N2CCCCS(=O)(=O)O)n(CC)c2cc(Cl)c(Cl)cc21. The molecule has 0 saturated heterocycles. The minimum atomic E-state index is -4.02. The van der Waals surface area contributed by atoms with Crippen molar-refractivity contribution in [2.45, 2.75) is 66.0 Å². The zero-order valence-electron chi connectivity index (χ0n) is 24.1. The zero-order chi connectivity index (χ0) is 30.6. The third-order valence-corrected chi connectivity index (χ3v) is 9.70. The molecule has 2 aromatic carbocycles. The number of unbranched alkanes of at least 4 members (excludes halogenated alkanes) is 3. The van der Waals surface area contributed by atoms with Crippen molar-refractivity contribution in [2.75, 3.05) is 28.6 Å². The molecular formula is C30H37Cl4N4O3S+. The van der Waals surface area contributed by atoms with Crippen molar-refractivity contribution >= 4 is 85.0 Å². The Morgan fingerprint density at radius 1 is 0.833 bits per heavy atom. The molecule has 4 rings (SSSR count). The van der Waals surface area contributed by atoms with Crippen LogP contribution in [0.4, 0.5) is 11.4 Å². The largest absolute Gasteiger partial charge is 0.326 e. The van der Waals surface area contributed by atoms with Crippen LogP contribution in [0.3, 0.4) is 0 Å². The van der Waals surface area contributed by atoms with Gasteiger partial charge in [0.2, 0.25) is 0 Å². The molecule has 3 aromatic rings. The van der Waals surface area contributed by atoms with Crippen molar-refractivity contribution in [2.24, 2.45) is 0 Å². The van der Waals surface area contributed by atoms with Crippen molar-refractivity contribution < 1.29 is 17.5 Å². The predicted octanol–water partition coefficient (Wildman–Crippen LogP) is 8.62. The molecule has 12 heteroatoms. The third kappa shape index (κ3) is 7.22. The summed E-state index contributed by atoms with van der Waals surface area (Å²) in [6.45, 7) is 9.22. The molecule has 1 aromatic heterocycles. The number of fused-ring (bicyclic) bond motifs is 2. The van der Waals surface area contributed by atoms with Crippen molar-refractivity contribution in [1.29, 1.82) is 0 Å². The van der Waals surface area contributed by atoms with Crippen LogP contribution in [0, 0.1) is 0 Å². The van der Waals surface area contributed by atoms with E-state index in [0.29, 0.717) is 46.0 Å². The van der Waals surface area contributed by atoms with Crippen LogP contribution in [0.5, 0.6) is 0 Å². The maximum Gasteiger partial charge on any atom is 0.282 e. The van der Waals surface area contributed by atoms with Crippen LogP contribution in [0.15, 0.2) is 42.2 Å². The number of anilines is 2. The highest BCUT2D eigenvalue weighted by Crippen LogP contribution is 2.45. The number of benzene rings is 2. The average Bonchev–Trinajstić information content (AvgIpc) is 3.37. The monoisotopic (exact) mass is 673 g/mol. The molecule has 1 aliphatic heterocycles. The molecule has 0 spiro atoms. The van der Waals surface area contributed by atoms with E-state index in [-0.39, 0.29) is 5.75 Å². The van der Waals surface area contributed by atoms with E-state index in [9.17, 15) is 13.0 Å². The van der Waals surface area contributed by atoms with Gasteiger partial charge in [0.05, 0.1) is 50.3 Å². The summed E-state index contributed by atoms with van der Waals surface area (Å²) in [5.74, 6) is 1.69. The first-order chi connectivity index (χ1) is 20.0. The van der Waals surface area contributed by atoms with E-state index in [1.807, 2.05) is 30.3 Å². The highest BCUT2D eigenvalue weighted by Gasteiger charge is 2.31. The van der Waals surface area contributed by atoms with Crippen molar-refractivity contribution in [3.63, 3.8) is 0 Å². The molecule has 0 aliphatic carbocycles. The molecule has 0 bridgehead atoms. The Balaban J connectivity index is 1.76. The Kier molecular flexibility index (Phi) is 11.2. The maximum atomic E-state index is 11.3. The minimum absolute atomic E-state index is 0.279. The van der Waals surface area contributed by atoms with Gasteiger partial charge in [0.15, 0.2) is 11.0 Å². The summed E-state index contributed by atoms with van der Waals surface area (Å²) in [5.41, 5.74) is 3.91. The van der Waals surface area contributed by atoms with Crippen molar-refractivity contribution in [3.05, 3.63) is 68.2 Å². The summed E-state index contributed by atoms with van der Waals surface area (Å²) < 4.78 is 36.3. The van der Waals surface area contributed by atoms with E-state index >= 15 is 0 Å². The first kappa shape index (κ1) is 33.0. The second-order valence-electron chi connectivity index (χ2n) is 10.2. The molecule has 2 heterocycles. The van der Waals surface area contributed by atoms with Crippen LogP contribution in [-0.4, -0.2) is 36.4 Å². The Bertz CT molecular complexity index is 1620. The van der Waals surface area contributed by atoms with Crippen LogP contribution in [0.2, 0.25) is 20.1 Å². The molecule has 42 heavy (non-hydrogen) atoms. The molecule has 0 fully saturated rings. The van der Waals surface area contributed by atoms with Gasteiger partial charge in [-0.1, -0.05) is 65.8 Å². The van der Waals surface area contributed by atoms with Gasteiger partial charge in [0.1, 0.15) is 5.82 Å². The number of rotatable bonds is 13. The molecule has 1 aliphatic rings. The quantitative estimate of drug-likeness (QED) is 0.112. The summed E-state index contributed by atoms with van der Waals surface area (Å²) in [6, 6.07) is 7.59. The van der Waals surface area contributed by atoms with E-state index in [1.54, 1.807) is 0 Å². The fourth-order valence-electron chi connectivity index (χ4n) is 5.49. The smallest absolute Gasteiger partial charge is 0.282 e. The second kappa shape index (κ2) is 14.2. The third-order valence-electron chi connectivity index (χ3n) is 7.45. The molecular weight excluding hydrogens is 638 g/mol. The molecule has 1 N–H and O–H groups in total. The standard InChI is InChI=1S/C30H36Cl4N4O3S/c1-4-7-8-14-37-27-19-23(33)21(31)17-25(27)35(5-2)29(37)12-11-13-30-36(6-3)26-18-22(32)24(34)20-28(26)38(30)15-9-10-16-42(39,40)41/h11-13,17-20H,4-10,14-16H2,1-3H3/p+1. The number of nitrogens with zero attached hydrogens (tertiary/aromatic N) is 4. The summed E-state index contributed by atoms with van der Waals surface area (Å²) in [7, 11) is -4.02. The zero-order valence-corrected chi connectivity index (χ0v) is 27.9. The van der Waals surface area contributed by atoms with E-state index in [4.69, 9.17) is 46.4 Å². The molecule has 0 unspecified atom stereocenters. The topological polar surface area (TPSA) is 69.7 Å². The van der Waals surface area contributed by atoms with Gasteiger partial charge in [-0.05, 0) is 57.7 Å². The van der Waals surface area contributed by atoms with Gasteiger partial charge in [0, 0.05) is 31.3 Å². The van der Waals surface area contributed by atoms with Crippen molar-refractivity contribution in [1.82, 2.24) is 4.57 Å². The van der Waals surface area contributed by atoms with Gasteiger partial charge < -0.3 is 9.80 Å². The minimum Gasteiger partial charge on any atom is -0.326 e. The van der Waals surface area contributed by atoms with E-state index in [0.717, 1.165) is 66.4 Å². The Hall–Kier alpha value is -1.94. The van der Waals surface area contributed by atoms with Crippen LogP contribution in [0.1, 0.15) is 58.7 Å². The molecule has 0 saturated carbocycles. The summed E-state index contributed by atoms with van der Waals surface area (Å²) in [4.78, 5) is 4.29. The first-order valence-corrected chi connectivity index (χ1v) is 17.4. The van der Waals surface area contributed by atoms with Gasteiger partial charge in [-0.2, -0.15) is 8.42 Å². The van der Waals surface area contributed by atoms with Gasteiger partial charge in [-0.15, -0.1) is 0 Å². The number of hydrogen-bond donors (Lipinski definition) is 1.